The summed E-state index contributed by atoms with van der Waals surface area (Å²) in [6, 6.07) is 7.06. The molecular weight excluding hydrogens is 669 g/mol. The molecule has 1 fully saturated rings. The van der Waals surface area contributed by atoms with Gasteiger partial charge in [-0.25, -0.2) is 14.2 Å². The smallest absolute Gasteiger partial charge is 0.370 e. The van der Waals surface area contributed by atoms with E-state index in [4.69, 9.17) is 31.5 Å². The minimum atomic E-state index is -5.00. The van der Waals surface area contributed by atoms with Gasteiger partial charge in [0.2, 0.25) is 0 Å². The van der Waals surface area contributed by atoms with Crippen LogP contribution in [-0.4, -0.2) is 32.5 Å². The maximum Gasteiger partial charge on any atom is 0.416 e. The molecule has 16 heteroatoms. The Bertz CT molecular complexity index is 1140. The molecule has 0 spiro atoms. The summed E-state index contributed by atoms with van der Waals surface area (Å²) >= 11 is 1.28. The zero-order valence-corrected chi connectivity index (χ0v) is 27.0. The molecule has 0 bridgehead atoms. The highest BCUT2D eigenvalue weighted by molar-refractivity contribution is 7.89. The van der Waals surface area contributed by atoms with Crippen LogP contribution in [0.25, 0.3) is 0 Å². The predicted octanol–water partition coefficient (Wildman–Crippen LogP) is 10.00. The number of alkyl halides is 6. The molecule has 0 aliphatic heterocycles. The molecule has 260 valence electrons. The average Bonchev–Trinajstić information content (AvgIpc) is 3.00. The van der Waals surface area contributed by atoms with Crippen LogP contribution >= 0.6 is 24.6 Å². The highest BCUT2D eigenvalue weighted by atomic mass is 32.2. The number of ether oxygens (including phenoxy) is 1. The maximum atomic E-state index is 13.9. The van der Waals surface area contributed by atoms with Crippen LogP contribution in [-0.2, 0) is 43.9 Å². The van der Waals surface area contributed by atoms with Crippen LogP contribution in [0.15, 0.2) is 42.5 Å². The van der Waals surface area contributed by atoms with Crippen LogP contribution in [0.3, 0.4) is 0 Å². The van der Waals surface area contributed by atoms with Crippen molar-refractivity contribution in [2.24, 2.45) is 11.8 Å². The molecule has 7 nitrogen and oxygen atoms in total. The second-order valence-electron chi connectivity index (χ2n) is 10.7. The van der Waals surface area contributed by atoms with Gasteiger partial charge >= 0.3 is 12.4 Å². The summed E-state index contributed by atoms with van der Waals surface area (Å²) in [4.78, 5) is 9.94. The lowest BCUT2D eigenvalue weighted by atomic mass is 9.68. The minimum Gasteiger partial charge on any atom is -0.370 e. The molecule has 2 aromatic rings. The number of hydrogen-bond donors (Lipinski definition) is 0. The first kappa shape index (κ1) is 38.8. The number of rotatable bonds is 18. The van der Waals surface area contributed by atoms with E-state index in [1.807, 2.05) is 13.8 Å². The summed E-state index contributed by atoms with van der Waals surface area (Å²) in [6.07, 6.45) is -9.56. The van der Waals surface area contributed by atoms with Crippen LogP contribution in [0.5, 0.6) is 0 Å². The Morgan fingerprint density at radius 2 is 1.33 bits per heavy atom. The van der Waals surface area contributed by atoms with E-state index in [-0.39, 0.29) is 36.7 Å². The van der Waals surface area contributed by atoms with Crippen molar-refractivity contribution in [3.05, 3.63) is 70.5 Å². The largest absolute Gasteiger partial charge is 0.416 e. The van der Waals surface area contributed by atoms with Gasteiger partial charge in [0.25, 0.3) is 0 Å². The zero-order chi connectivity index (χ0) is 33.7. The molecule has 0 heterocycles. The molecular formula is C30H37F7O7S2. The Kier molecular flexibility index (Phi) is 15.9. The van der Waals surface area contributed by atoms with E-state index < -0.39 is 47.4 Å². The van der Waals surface area contributed by atoms with Crippen molar-refractivity contribution in [1.29, 1.82) is 0 Å². The normalized spacial score (nSPS) is 21.4. The Balaban J connectivity index is 1.90. The average molecular weight is 707 g/mol. The van der Waals surface area contributed by atoms with E-state index in [9.17, 15) is 30.7 Å². The van der Waals surface area contributed by atoms with E-state index in [1.165, 1.54) is 19.1 Å². The van der Waals surface area contributed by atoms with E-state index >= 15 is 0 Å². The summed E-state index contributed by atoms with van der Waals surface area (Å²) in [6.45, 7) is 6.15. The molecule has 3 rings (SSSR count). The molecule has 1 unspecified atom stereocenters. The van der Waals surface area contributed by atoms with E-state index in [2.05, 4.69) is 0 Å². The Morgan fingerprint density at radius 1 is 0.783 bits per heavy atom. The monoisotopic (exact) mass is 706 g/mol. The fourth-order valence-corrected chi connectivity index (χ4v) is 5.91. The summed E-state index contributed by atoms with van der Waals surface area (Å²) in [7, 11) is 0. The number of halogens is 7. The van der Waals surface area contributed by atoms with Crippen LogP contribution in [0.1, 0.15) is 80.7 Å². The van der Waals surface area contributed by atoms with E-state index in [1.54, 1.807) is 12.1 Å². The molecule has 1 aliphatic rings. The standard InChI is InChI=1S/C30H37F7O7S2/c1-4-12-38-43-45-40-17-21-8-11-27(42-19(3)22-14-23(29(32,33)34)16-24(15-22)30(35,36)37)28(20-6-9-25(31)10-7-20)26(21)18-41-46-44-39-13-5-2/h6-7,9-10,14-16,19,21,26-28H,4-5,8,11-13,17-18H2,1-3H3/t19-,21-,26-,27?,28+/m1/s1. The highest BCUT2D eigenvalue weighted by Gasteiger charge is 2.43. The van der Waals surface area contributed by atoms with E-state index in [0.717, 1.165) is 6.42 Å². The third-order valence-corrected chi connectivity index (χ3v) is 8.14. The third kappa shape index (κ3) is 12.1. The summed E-state index contributed by atoms with van der Waals surface area (Å²) in [5.41, 5.74) is -2.50. The molecule has 46 heavy (non-hydrogen) atoms. The zero-order valence-electron chi connectivity index (χ0n) is 25.4. The van der Waals surface area contributed by atoms with Crippen molar-refractivity contribution in [2.45, 2.75) is 76.9 Å². The van der Waals surface area contributed by atoms with Crippen molar-refractivity contribution < 1.29 is 62.3 Å². The first-order valence-corrected chi connectivity index (χ1v) is 16.0. The Labute approximate surface area is 272 Å². The van der Waals surface area contributed by atoms with Gasteiger partial charge in [-0.3, -0.25) is 8.37 Å². The number of hydrogen-bond acceptors (Lipinski definition) is 9. The lowest BCUT2D eigenvalue weighted by molar-refractivity contribution is -0.197. The summed E-state index contributed by atoms with van der Waals surface area (Å²) < 4.78 is 123. The Morgan fingerprint density at radius 3 is 1.85 bits per heavy atom. The van der Waals surface area contributed by atoms with Crippen LogP contribution < -0.4 is 0 Å². The molecule has 0 aromatic heterocycles. The van der Waals surface area contributed by atoms with Gasteiger partial charge in [-0.15, -0.1) is 8.67 Å². The molecule has 5 atom stereocenters. The van der Waals surface area contributed by atoms with Crippen LogP contribution in [0, 0.1) is 17.7 Å². The van der Waals surface area contributed by atoms with Crippen molar-refractivity contribution in [1.82, 2.24) is 0 Å². The van der Waals surface area contributed by atoms with Gasteiger partial charge in [0.1, 0.15) is 5.82 Å². The molecule has 2 aromatic carbocycles. The SMILES string of the molecule is CCCOOSOC[C@H]1CCC(O[C@H](C)c2cc(C(F)(F)F)cc(C(F)(F)F)c2)[C@@H](c2ccc(F)cc2)[C@@H]1COSOOCCC. The predicted molar refractivity (Wildman–Crippen MR) is 157 cm³/mol. The Hall–Kier alpha value is -1.63. The van der Waals surface area contributed by atoms with Crippen molar-refractivity contribution in [3.63, 3.8) is 0 Å². The van der Waals surface area contributed by atoms with E-state index in [0.29, 0.717) is 74.8 Å². The molecule has 0 amide bonds. The van der Waals surface area contributed by atoms with Gasteiger partial charge in [-0.2, -0.15) is 26.3 Å². The van der Waals surface area contributed by atoms with Crippen LogP contribution in [0.4, 0.5) is 30.7 Å². The fraction of sp³-hybridized carbons (Fsp3) is 0.600. The van der Waals surface area contributed by atoms with Gasteiger partial charge in [0, 0.05) is 5.92 Å². The van der Waals surface area contributed by atoms with Crippen molar-refractivity contribution in [2.75, 3.05) is 26.4 Å². The fourth-order valence-electron chi connectivity index (χ4n) is 5.18. The minimum absolute atomic E-state index is 0.0596. The number of benzene rings is 2. The lowest BCUT2D eigenvalue weighted by Crippen LogP contribution is -2.41. The van der Waals surface area contributed by atoms with Gasteiger partial charge in [-0.05, 0) is 85.9 Å². The van der Waals surface area contributed by atoms with Gasteiger partial charge < -0.3 is 4.74 Å². The first-order chi connectivity index (χ1) is 21.8. The first-order valence-electron chi connectivity index (χ1n) is 14.7. The molecule has 0 saturated heterocycles. The molecule has 1 saturated carbocycles. The summed E-state index contributed by atoms with van der Waals surface area (Å²) in [5.74, 6) is -1.59. The molecule has 0 N–H and O–H groups in total. The van der Waals surface area contributed by atoms with Crippen molar-refractivity contribution in [3.8, 4) is 0 Å². The third-order valence-electron chi connectivity index (χ3n) is 7.37. The quantitative estimate of drug-likeness (QED) is 0.0496. The van der Waals surface area contributed by atoms with Gasteiger partial charge in [0.15, 0.2) is 24.6 Å². The molecule has 0 radical (unpaired) electrons. The topological polar surface area (TPSA) is 64.6 Å². The van der Waals surface area contributed by atoms with Gasteiger partial charge in [0.05, 0.1) is 49.8 Å². The van der Waals surface area contributed by atoms with Crippen LogP contribution in [0.2, 0.25) is 0 Å². The van der Waals surface area contributed by atoms with Crippen molar-refractivity contribution >= 4 is 24.6 Å². The second kappa shape index (κ2) is 18.8. The lowest BCUT2D eigenvalue weighted by Gasteiger charge is -2.43. The second-order valence-corrected chi connectivity index (χ2v) is 11.7. The highest BCUT2D eigenvalue weighted by Crippen LogP contribution is 2.46. The van der Waals surface area contributed by atoms with Gasteiger partial charge in [-0.1, -0.05) is 26.0 Å². The molecule has 1 aliphatic carbocycles. The summed E-state index contributed by atoms with van der Waals surface area (Å²) in [5, 5.41) is 0. The maximum absolute atomic E-state index is 13.9.